The van der Waals surface area contributed by atoms with Crippen molar-refractivity contribution in [2.75, 3.05) is 25.5 Å². The van der Waals surface area contributed by atoms with Crippen LogP contribution in [0.3, 0.4) is 0 Å². The van der Waals surface area contributed by atoms with Crippen molar-refractivity contribution in [2.45, 2.75) is 18.8 Å². The van der Waals surface area contributed by atoms with Gasteiger partial charge in [-0.1, -0.05) is 35.1 Å². The van der Waals surface area contributed by atoms with Crippen molar-refractivity contribution in [3.63, 3.8) is 0 Å². The number of halogens is 2. The van der Waals surface area contributed by atoms with Gasteiger partial charge in [-0.05, 0) is 37.1 Å². The van der Waals surface area contributed by atoms with Crippen LogP contribution in [-0.2, 0) is 0 Å². The number of para-hydroxylation sites is 1. The number of aromatic nitrogens is 2. The number of nitrogens with one attached hydrogen (secondary N) is 1. The highest BCUT2D eigenvalue weighted by Crippen LogP contribution is 2.34. The minimum atomic E-state index is -0.619. The fourth-order valence-corrected chi connectivity index (χ4v) is 6.17. The zero-order chi connectivity index (χ0) is 24.5. The second kappa shape index (κ2) is 9.88. The van der Waals surface area contributed by atoms with Crippen LogP contribution in [0.4, 0.5) is 9.52 Å². The Bertz CT molecular complexity index is 1390. The summed E-state index contributed by atoms with van der Waals surface area (Å²) in [5.41, 5.74) is 0.938. The quantitative estimate of drug-likeness (QED) is 0.351. The fourth-order valence-electron chi connectivity index (χ4n) is 4.07. The lowest BCUT2D eigenvalue weighted by atomic mass is 9.97. The number of carbonyl (C=O) groups excluding carboxylic acids is 2. The molecule has 3 heterocycles. The van der Waals surface area contributed by atoms with Crippen LogP contribution in [0, 0.1) is 5.82 Å². The minimum Gasteiger partial charge on any atom is -0.494 e. The number of ether oxygens (including phenoxy) is 1. The van der Waals surface area contributed by atoms with Gasteiger partial charge in [0.15, 0.2) is 5.13 Å². The summed E-state index contributed by atoms with van der Waals surface area (Å²) in [6.07, 6.45) is 1.34. The summed E-state index contributed by atoms with van der Waals surface area (Å²) in [5, 5.41) is 5.98. The van der Waals surface area contributed by atoms with Gasteiger partial charge in [0.2, 0.25) is 0 Å². The molecule has 1 fully saturated rings. The number of anilines is 1. The van der Waals surface area contributed by atoms with E-state index in [9.17, 15) is 14.0 Å². The van der Waals surface area contributed by atoms with Crippen LogP contribution in [0.15, 0.2) is 41.8 Å². The average molecular weight is 531 g/mol. The van der Waals surface area contributed by atoms with E-state index in [1.807, 2.05) is 18.2 Å². The molecule has 4 aromatic rings. The molecule has 35 heavy (non-hydrogen) atoms. The Labute approximate surface area is 213 Å². The Kier molecular flexibility index (Phi) is 6.68. The molecule has 1 aliphatic rings. The van der Waals surface area contributed by atoms with Gasteiger partial charge >= 0.3 is 0 Å². The van der Waals surface area contributed by atoms with Gasteiger partial charge in [-0.25, -0.2) is 14.4 Å². The molecule has 180 valence electrons. The third-order valence-electron chi connectivity index (χ3n) is 5.88. The maximum Gasteiger partial charge on any atom is 0.276 e. The molecule has 0 saturated carbocycles. The maximum absolute atomic E-state index is 14.1. The molecule has 5 rings (SSSR count). The standard InChI is InChI=1S/C24H20ClFN4O3S2/c1-33-17-6-3-7-18-20(17)28-24(35-18)29-21(31)16-12-34-22(27-16)13-8-10-30(11-9-13)23(32)19-14(25)4-2-5-15(19)26/h2-7,12-13H,8-11H2,1H3,(H,28,29,31). The van der Waals surface area contributed by atoms with Crippen molar-refractivity contribution in [1.82, 2.24) is 14.9 Å². The highest BCUT2D eigenvalue weighted by Gasteiger charge is 2.29. The van der Waals surface area contributed by atoms with Gasteiger partial charge in [0.25, 0.3) is 11.8 Å². The van der Waals surface area contributed by atoms with E-state index in [-0.39, 0.29) is 22.4 Å². The van der Waals surface area contributed by atoms with Crippen LogP contribution < -0.4 is 10.1 Å². The number of methoxy groups -OCH3 is 1. The summed E-state index contributed by atoms with van der Waals surface area (Å²) < 4.78 is 20.4. The van der Waals surface area contributed by atoms with E-state index in [0.29, 0.717) is 48.0 Å². The number of piperidine rings is 1. The summed E-state index contributed by atoms with van der Waals surface area (Å²) in [7, 11) is 1.58. The van der Waals surface area contributed by atoms with E-state index in [0.717, 1.165) is 9.71 Å². The number of rotatable bonds is 5. The highest BCUT2D eigenvalue weighted by molar-refractivity contribution is 7.22. The van der Waals surface area contributed by atoms with Gasteiger partial charge in [-0.2, -0.15) is 0 Å². The molecule has 7 nitrogen and oxygen atoms in total. The lowest BCUT2D eigenvalue weighted by molar-refractivity contribution is 0.0708. The van der Waals surface area contributed by atoms with Gasteiger partial charge in [0.05, 0.1) is 27.4 Å². The first-order valence-electron chi connectivity index (χ1n) is 10.9. The van der Waals surface area contributed by atoms with Gasteiger partial charge in [0.1, 0.15) is 22.8 Å². The predicted octanol–water partition coefficient (Wildman–Crippen LogP) is 5.83. The third kappa shape index (κ3) is 4.73. The van der Waals surface area contributed by atoms with Gasteiger partial charge in [-0.3, -0.25) is 14.9 Å². The van der Waals surface area contributed by atoms with E-state index >= 15 is 0 Å². The van der Waals surface area contributed by atoms with Crippen molar-refractivity contribution in [3.8, 4) is 5.75 Å². The van der Waals surface area contributed by atoms with Crippen molar-refractivity contribution in [2.24, 2.45) is 0 Å². The van der Waals surface area contributed by atoms with Crippen molar-refractivity contribution < 1.29 is 18.7 Å². The lowest BCUT2D eigenvalue weighted by Gasteiger charge is -2.31. The number of nitrogens with zero attached hydrogens (tertiary/aromatic N) is 3. The first-order valence-corrected chi connectivity index (χ1v) is 13.0. The minimum absolute atomic E-state index is 0.0895. The molecule has 1 N–H and O–H groups in total. The van der Waals surface area contributed by atoms with E-state index in [1.54, 1.807) is 17.4 Å². The van der Waals surface area contributed by atoms with Crippen LogP contribution in [0.25, 0.3) is 10.2 Å². The van der Waals surface area contributed by atoms with E-state index < -0.39 is 11.7 Å². The van der Waals surface area contributed by atoms with E-state index in [4.69, 9.17) is 16.3 Å². The normalized spacial score (nSPS) is 14.3. The molecule has 1 saturated heterocycles. The Morgan fingerprint density at radius 3 is 2.69 bits per heavy atom. The van der Waals surface area contributed by atoms with Crippen molar-refractivity contribution in [3.05, 3.63) is 68.9 Å². The Balaban J connectivity index is 1.22. The number of carbonyl (C=O) groups is 2. The molecule has 2 aromatic carbocycles. The molecule has 0 bridgehead atoms. The van der Waals surface area contributed by atoms with Crippen LogP contribution in [0.1, 0.15) is 44.6 Å². The summed E-state index contributed by atoms with van der Waals surface area (Å²) in [4.78, 5) is 36.2. The van der Waals surface area contributed by atoms with Crippen molar-refractivity contribution >= 4 is 61.4 Å². The van der Waals surface area contributed by atoms with Gasteiger partial charge in [-0.15, -0.1) is 11.3 Å². The summed E-state index contributed by atoms with van der Waals surface area (Å²) in [5.74, 6) is -0.581. The molecule has 11 heteroatoms. The largest absolute Gasteiger partial charge is 0.494 e. The molecule has 2 aromatic heterocycles. The van der Waals surface area contributed by atoms with Crippen molar-refractivity contribution in [1.29, 1.82) is 0 Å². The molecular formula is C24H20ClFN4O3S2. The summed E-state index contributed by atoms with van der Waals surface area (Å²) in [6, 6.07) is 9.84. The zero-order valence-corrected chi connectivity index (χ0v) is 21.0. The molecular weight excluding hydrogens is 511 g/mol. The highest BCUT2D eigenvalue weighted by atomic mass is 35.5. The molecule has 0 unspecified atom stereocenters. The van der Waals surface area contributed by atoms with Crippen LogP contribution >= 0.6 is 34.3 Å². The number of amides is 2. The molecule has 1 aliphatic heterocycles. The SMILES string of the molecule is COc1cccc2sc(NC(=O)c3csc(C4CCN(C(=O)c5c(F)cccc5Cl)CC4)n3)nc12. The Morgan fingerprint density at radius 2 is 1.94 bits per heavy atom. The molecule has 0 atom stereocenters. The second-order valence-corrected chi connectivity index (χ2v) is 10.3. The first kappa shape index (κ1) is 23.7. The van der Waals surface area contributed by atoms with Gasteiger partial charge < -0.3 is 9.64 Å². The Morgan fingerprint density at radius 1 is 1.17 bits per heavy atom. The van der Waals surface area contributed by atoms with E-state index in [1.165, 1.54) is 40.9 Å². The summed E-state index contributed by atoms with van der Waals surface area (Å²) >= 11 is 8.84. The number of hydrogen-bond donors (Lipinski definition) is 1. The molecule has 2 amide bonds. The Hall–Kier alpha value is -3.08. The van der Waals surface area contributed by atoms with Crippen LogP contribution in [-0.4, -0.2) is 46.9 Å². The number of benzene rings is 2. The average Bonchev–Trinajstić information content (AvgIpc) is 3.51. The fraction of sp³-hybridized carbons (Fsp3) is 0.250. The molecule has 0 spiro atoms. The topological polar surface area (TPSA) is 84.4 Å². The van der Waals surface area contributed by atoms with Gasteiger partial charge in [0, 0.05) is 24.4 Å². The smallest absolute Gasteiger partial charge is 0.276 e. The number of thiazole rings is 2. The molecule has 0 radical (unpaired) electrons. The first-order chi connectivity index (χ1) is 16.9. The zero-order valence-electron chi connectivity index (χ0n) is 18.6. The molecule has 0 aliphatic carbocycles. The maximum atomic E-state index is 14.1. The monoisotopic (exact) mass is 530 g/mol. The lowest BCUT2D eigenvalue weighted by Crippen LogP contribution is -2.38. The van der Waals surface area contributed by atoms with Crippen LogP contribution in [0.5, 0.6) is 5.75 Å². The number of likely N-dealkylation sites (tertiary alicyclic amines) is 1. The van der Waals surface area contributed by atoms with E-state index in [2.05, 4.69) is 15.3 Å². The summed E-state index contributed by atoms with van der Waals surface area (Å²) in [6.45, 7) is 0.922. The number of fused-ring (bicyclic) bond motifs is 1. The second-order valence-electron chi connectivity index (χ2n) is 8.01. The predicted molar refractivity (Wildman–Crippen MR) is 136 cm³/mol. The number of hydrogen-bond acceptors (Lipinski definition) is 7. The van der Waals surface area contributed by atoms with Crippen LogP contribution in [0.2, 0.25) is 5.02 Å². The third-order valence-corrected chi connectivity index (χ3v) is 8.14.